The molecule has 1 aromatic rings. The molecule has 0 aliphatic carbocycles. The molecule has 0 radical (unpaired) electrons. The van der Waals surface area contributed by atoms with Gasteiger partial charge in [0.1, 0.15) is 0 Å². The van der Waals surface area contributed by atoms with E-state index in [0.29, 0.717) is 0 Å². The van der Waals surface area contributed by atoms with E-state index in [4.69, 9.17) is 16.6 Å². The van der Waals surface area contributed by atoms with Gasteiger partial charge in [-0.2, -0.15) is 0 Å². The summed E-state index contributed by atoms with van der Waals surface area (Å²) in [6.07, 6.45) is -1.58. The van der Waals surface area contributed by atoms with E-state index in [1.807, 2.05) is 0 Å². The van der Waals surface area contributed by atoms with Crippen molar-refractivity contribution in [3.8, 4) is 0 Å². The zero-order chi connectivity index (χ0) is 10.7. The van der Waals surface area contributed by atoms with Gasteiger partial charge in [0.05, 0.1) is 11.4 Å². The number of nitrogen functional groups attached to an aromatic ring is 2. The molecule has 0 fully saturated rings. The van der Waals surface area contributed by atoms with Gasteiger partial charge in [0.25, 0.3) is 0 Å². The van der Waals surface area contributed by atoms with Gasteiger partial charge in [0, 0.05) is 5.46 Å². The maximum Gasteiger partial charge on any atom is 0.566 e. The molecule has 0 atom stereocenters. The van der Waals surface area contributed by atoms with E-state index in [9.17, 15) is 9.82 Å². The van der Waals surface area contributed by atoms with Gasteiger partial charge in [-0.25, -0.2) is 4.79 Å². The first kappa shape index (κ1) is 10.2. The first-order chi connectivity index (χ1) is 6.52. The fourth-order valence-corrected chi connectivity index (χ4v) is 0.976. The molecule has 0 bridgehead atoms. The number of carboxylic acid groups (broad SMARTS) is 1. The van der Waals surface area contributed by atoms with Gasteiger partial charge in [-0.1, -0.05) is 12.1 Å². The number of carbonyl (C=O) groups is 1. The van der Waals surface area contributed by atoms with Crippen LogP contribution in [0.15, 0.2) is 18.2 Å². The smallest absolute Gasteiger partial charge is 0.473 e. The molecule has 6 nitrogen and oxygen atoms in total. The molecule has 0 heterocycles. The van der Waals surface area contributed by atoms with E-state index in [2.05, 4.69) is 4.65 Å². The van der Waals surface area contributed by atoms with Crippen LogP contribution in [-0.2, 0) is 4.65 Å². The quantitative estimate of drug-likeness (QED) is 0.364. The van der Waals surface area contributed by atoms with Crippen molar-refractivity contribution in [3.05, 3.63) is 18.2 Å². The molecule has 0 aliphatic heterocycles. The Labute approximate surface area is 80.2 Å². The molecular weight excluding hydrogens is 187 g/mol. The van der Waals surface area contributed by atoms with Crippen LogP contribution in [0.4, 0.5) is 16.2 Å². The molecule has 0 aliphatic rings. The first-order valence-corrected chi connectivity index (χ1v) is 3.74. The maximum atomic E-state index is 10.1. The van der Waals surface area contributed by atoms with Gasteiger partial charge in [0.15, 0.2) is 0 Å². The SMILES string of the molecule is Nc1cccc(B(O)OC(=O)O)c1N. The van der Waals surface area contributed by atoms with Crippen molar-refractivity contribution in [2.45, 2.75) is 0 Å². The van der Waals surface area contributed by atoms with E-state index in [-0.39, 0.29) is 16.8 Å². The van der Waals surface area contributed by atoms with E-state index in [1.165, 1.54) is 18.2 Å². The van der Waals surface area contributed by atoms with Crippen molar-refractivity contribution in [2.75, 3.05) is 11.5 Å². The number of anilines is 2. The summed E-state index contributed by atoms with van der Waals surface area (Å²) in [6.45, 7) is 0. The van der Waals surface area contributed by atoms with Gasteiger partial charge in [-0.15, -0.1) is 0 Å². The summed E-state index contributed by atoms with van der Waals surface area (Å²) in [5, 5.41) is 17.5. The number of nitrogens with two attached hydrogens (primary N) is 2. The highest BCUT2D eigenvalue weighted by atomic mass is 16.7. The summed E-state index contributed by atoms with van der Waals surface area (Å²) in [5.74, 6) is 0. The molecule has 7 heteroatoms. The normalized spacial score (nSPS) is 9.50. The molecule has 0 spiro atoms. The Bertz CT molecular complexity index is 358. The van der Waals surface area contributed by atoms with Crippen molar-refractivity contribution in [1.82, 2.24) is 0 Å². The number of hydrogen-bond donors (Lipinski definition) is 4. The Hall–Kier alpha value is -1.89. The van der Waals surface area contributed by atoms with Crippen LogP contribution >= 0.6 is 0 Å². The second-order valence-corrected chi connectivity index (χ2v) is 2.59. The van der Waals surface area contributed by atoms with Gasteiger partial charge >= 0.3 is 13.3 Å². The second kappa shape index (κ2) is 3.88. The Balaban J connectivity index is 2.95. The Morgan fingerprint density at radius 3 is 2.64 bits per heavy atom. The zero-order valence-electron chi connectivity index (χ0n) is 7.18. The van der Waals surface area contributed by atoms with Crippen LogP contribution in [0.2, 0.25) is 0 Å². The summed E-state index contributed by atoms with van der Waals surface area (Å²) < 4.78 is 4.11. The molecule has 0 unspecified atom stereocenters. The molecule has 0 saturated heterocycles. The largest absolute Gasteiger partial charge is 0.566 e. The van der Waals surface area contributed by atoms with Crippen molar-refractivity contribution in [1.29, 1.82) is 0 Å². The monoisotopic (exact) mass is 196 g/mol. The molecular formula is C7H9BN2O4. The fraction of sp³-hybridized carbons (Fsp3) is 0. The first-order valence-electron chi connectivity index (χ1n) is 3.74. The standard InChI is InChI=1S/C7H9BN2O4/c9-5-3-1-2-4(6(5)10)8(13)14-7(11)12/h1-3,13H,9-10H2,(H,11,12). The lowest BCUT2D eigenvalue weighted by molar-refractivity contribution is 0.137. The molecule has 6 N–H and O–H groups in total. The van der Waals surface area contributed by atoms with Crippen LogP contribution in [0, 0.1) is 0 Å². The fourth-order valence-electron chi connectivity index (χ4n) is 0.976. The van der Waals surface area contributed by atoms with E-state index in [1.54, 1.807) is 0 Å². The zero-order valence-corrected chi connectivity index (χ0v) is 7.18. The molecule has 0 saturated carbocycles. The Morgan fingerprint density at radius 1 is 1.43 bits per heavy atom. The number of hydrogen-bond acceptors (Lipinski definition) is 5. The van der Waals surface area contributed by atoms with Gasteiger partial charge in [-0.05, 0) is 6.07 Å². The van der Waals surface area contributed by atoms with Gasteiger partial charge < -0.3 is 26.3 Å². The van der Waals surface area contributed by atoms with Gasteiger partial charge in [-0.3, -0.25) is 0 Å². The highest BCUT2D eigenvalue weighted by Gasteiger charge is 2.24. The van der Waals surface area contributed by atoms with Crippen molar-refractivity contribution >= 4 is 30.1 Å². The van der Waals surface area contributed by atoms with E-state index < -0.39 is 13.3 Å². The topological polar surface area (TPSA) is 119 Å². The molecule has 14 heavy (non-hydrogen) atoms. The minimum Gasteiger partial charge on any atom is -0.473 e. The maximum absolute atomic E-state index is 10.1. The Kier molecular flexibility index (Phi) is 2.83. The predicted octanol–water partition coefficient (Wildman–Crippen LogP) is -0.767. The highest BCUT2D eigenvalue weighted by molar-refractivity contribution is 6.63. The molecule has 0 amide bonds. The number of para-hydroxylation sites is 1. The average molecular weight is 196 g/mol. The van der Waals surface area contributed by atoms with Gasteiger partial charge in [0.2, 0.25) is 0 Å². The highest BCUT2D eigenvalue weighted by Crippen LogP contribution is 2.10. The summed E-state index contributed by atoms with van der Waals surface area (Å²) in [5.41, 5.74) is 11.5. The summed E-state index contributed by atoms with van der Waals surface area (Å²) >= 11 is 0. The van der Waals surface area contributed by atoms with Crippen LogP contribution in [-0.4, -0.2) is 23.4 Å². The summed E-state index contributed by atoms with van der Waals surface area (Å²) in [6, 6.07) is 4.50. The molecule has 1 rings (SSSR count). The lowest BCUT2D eigenvalue weighted by Crippen LogP contribution is -2.37. The lowest BCUT2D eigenvalue weighted by atomic mass is 9.78. The third-order valence-electron chi connectivity index (χ3n) is 1.65. The van der Waals surface area contributed by atoms with Crippen LogP contribution in [0.25, 0.3) is 0 Å². The number of rotatable bonds is 2. The lowest BCUT2D eigenvalue weighted by Gasteiger charge is -2.09. The minimum absolute atomic E-state index is 0.112. The van der Waals surface area contributed by atoms with Crippen molar-refractivity contribution < 1.29 is 19.6 Å². The summed E-state index contributed by atoms with van der Waals surface area (Å²) in [4.78, 5) is 10.1. The van der Waals surface area contributed by atoms with Crippen LogP contribution < -0.4 is 16.9 Å². The summed E-state index contributed by atoms with van der Waals surface area (Å²) in [7, 11) is -1.61. The van der Waals surface area contributed by atoms with Crippen LogP contribution in [0.5, 0.6) is 0 Å². The number of benzene rings is 1. The minimum atomic E-state index is -1.61. The third kappa shape index (κ3) is 2.08. The molecule has 74 valence electrons. The van der Waals surface area contributed by atoms with Crippen molar-refractivity contribution in [3.63, 3.8) is 0 Å². The van der Waals surface area contributed by atoms with Crippen molar-refractivity contribution in [2.24, 2.45) is 0 Å². The second-order valence-electron chi connectivity index (χ2n) is 2.59. The molecule has 0 aromatic heterocycles. The Morgan fingerprint density at radius 2 is 2.07 bits per heavy atom. The molecule has 1 aromatic carbocycles. The van der Waals surface area contributed by atoms with Crippen LogP contribution in [0.1, 0.15) is 0 Å². The van der Waals surface area contributed by atoms with E-state index >= 15 is 0 Å². The van der Waals surface area contributed by atoms with Crippen LogP contribution in [0.3, 0.4) is 0 Å². The average Bonchev–Trinajstić information content (AvgIpc) is 2.08. The third-order valence-corrected chi connectivity index (χ3v) is 1.65. The predicted molar refractivity (Wildman–Crippen MR) is 52.0 cm³/mol. The van der Waals surface area contributed by atoms with E-state index in [0.717, 1.165) is 0 Å².